The molecule has 3 rings (SSSR count). The fourth-order valence-electron chi connectivity index (χ4n) is 2.11. The molecule has 0 amide bonds. The molecule has 2 aromatic heterocycles. The normalized spacial score (nSPS) is 11.3. The van der Waals surface area contributed by atoms with Crippen molar-refractivity contribution in [1.82, 2.24) is 9.97 Å². The Bertz CT molecular complexity index is 1080. The molecule has 1 aromatic carbocycles. The Morgan fingerprint density at radius 1 is 1.23 bits per heavy atom. The Labute approximate surface area is 159 Å². The van der Waals surface area contributed by atoms with E-state index in [0.29, 0.717) is 15.6 Å². The summed E-state index contributed by atoms with van der Waals surface area (Å²) in [5, 5.41) is 0.625. The minimum Gasteiger partial charge on any atom is -0.403 e. The summed E-state index contributed by atoms with van der Waals surface area (Å²) in [6.07, 6.45) is 2.72. The molecule has 0 bridgehead atoms. The molecule has 0 aliphatic rings. The Balaban J connectivity index is 1.86. The van der Waals surface area contributed by atoms with Crippen LogP contribution in [0.1, 0.15) is 15.2 Å². The maximum Gasteiger partial charge on any atom is 0.346 e. The Hall–Kier alpha value is -2.29. The monoisotopic (exact) mass is 408 g/mol. The molecule has 0 spiro atoms. The first-order valence-electron chi connectivity index (χ1n) is 7.36. The second kappa shape index (κ2) is 7.14. The van der Waals surface area contributed by atoms with E-state index in [1.54, 1.807) is 19.2 Å². The van der Waals surface area contributed by atoms with Gasteiger partial charge in [-0.3, -0.25) is 4.98 Å². The van der Waals surface area contributed by atoms with Gasteiger partial charge in [0.1, 0.15) is 5.01 Å². The minimum absolute atomic E-state index is 0.00393. The maximum absolute atomic E-state index is 12.4. The third kappa shape index (κ3) is 3.92. The predicted octanol–water partition coefficient (Wildman–Crippen LogP) is 3.79. The van der Waals surface area contributed by atoms with Crippen molar-refractivity contribution >= 4 is 38.7 Å². The lowest BCUT2D eigenvalue weighted by atomic mass is 10.2. The molecular formula is C17H13ClN2O4S2. The van der Waals surface area contributed by atoms with Gasteiger partial charge in [0, 0.05) is 12.5 Å². The number of carbonyl (C=O) groups is 1. The quantitative estimate of drug-likeness (QED) is 0.610. The number of benzene rings is 1. The molecule has 0 radical (unpaired) electrons. The summed E-state index contributed by atoms with van der Waals surface area (Å²) >= 11 is 7.40. The van der Waals surface area contributed by atoms with Crippen LogP contribution in [0, 0.1) is 6.92 Å². The number of ether oxygens (including phenoxy) is 1. The number of aryl methyl sites for hydroxylation is 1. The number of esters is 1. The molecule has 2 heterocycles. The number of halogens is 1. The zero-order valence-electron chi connectivity index (χ0n) is 13.8. The van der Waals surface area contributed by atoms with Gasteiger partial charge in [0.15, 0.2) is 9.84 Å². The number of carbonyl (C=O) groups excluding carboxylic acids is 1. The van der Waals surface area contributed by atoms with Crippen molar-refractivity contribution in [3.63, 3.8) is 0 Å². The van der Waals surface area contributed by atoms with Gasteiger partial charge in [-0.15, -0.1) is 11.3 Å². The van der Waals surface area contributed by atoms with Gasteiger partial charge in [-0.25, -0.2) is 13.2 Å². The smallest absolute Gasteiger partial charge is 0.346 e. The highest BCUT2D eigenvalue weighted by Crippen LogP contribution is 2.31. The van der Waals surface area contributed by atoms with Crippen molar-refractivity contribution in [2.45, 2.75) is 11.8 Å². The molecule has 0 aliphatic carbocycles. The second-order valence-corrected chi connectivity index (χ2v) is 9.02. The first-order chi connectivity index (χ1) is 12.3. The lowest BCUT2D eigenvalue weighted by molar-refractivity contribution is 0.0727. The molecule has 0 fully saturated rings. The number of hydrogen-bond donors (Lipinski definition) is 0. The molecule has 0 atom stereocenters. The van der Waals surface area contributed by atoms with Gasteiger partial charge in [0.2, 0.25) is 5.88 Å². The molecule has 0 saturated heterocycles. The third-order valence-electron chi connectivity index (χ3n) is 3.42. The number of hydrogen-bond acceptors (Lipinski definition) is 7. The highest BCUT2D eigenvalue weighted by atomic mass is 35.5. The zero-order valence-corrected chi connectivity index (χ0v) is 16.2. The van der Waals surface area contributed by atoms with Crippen LogP contribution in [0.5, 0.6) is 5.88 Å². The first kappa shape index (κ1) is 18.5. The van der Waals surface area contributed by atoms with Crippen molar-refractivity contribution < 1.29 is 17.9 Å². The second-order valence-electron chi connectivity index (χ2n) is 5.40. The number of sulfone groups is 1. The van der Waals surface area contributed by atoms with Crippen LogP contribution in [0.15, 0.2) is 47.5 Å². The van der Waals surface area contributed by atoms with Crippen LogP contribution in [0.25, 0.3) is 10.7 Å². The van der Waals surface area contributed by atoms with Crippen molar-refractivity contribution in [3.8, 4) is 16.6 Å². The summed E-state index contributed by atoms with van der Waals surface area (Å²) in [6.45, 7) is 1.78. The van der Waals surface area contributed by atoms with Crippen molar-refractivity contribution in [1.29, 1.82) is 0 Å². The van der Waals surface area contributed by atoms with E-state index in [4.69, 9.17) is 16.3 Å². The van der Waals surface area contributed by atoms with Gasteiger partial charge < -0.3 is 4.74 Å². The molecule has 0 saturated carbocycles. The number of rotatable bonds is 4. The van der Waals surface area contributed by atoms with Crippen molar-refractivity contribution in [3.05, 3.63) is 58.1 Å². The largest absolute Gasteiger partial charge is 0.403 e. The summed E-state index contributed by atoms with van der Waals surface area (Å²) in [5.74, 6) is -0.542. The third-order valence-corrected chi connectivity index (χ3v) is 5.81. The van der Waals surface area contributed by atoms with Crippen LogP contribution in [-0.2, 0) is 9.84 Å². The van der Waals surface area contributed by atoms with Crippen LogP contribution in [0.3, 0.4) is 0 Å². The molecule has 9 heteroatoms. The SMILES string of the molecule is Cc1sc(-c2ccccn2)nc1OC(=O)c1ccc(S(C)(=O)=O)cc1Cl. The summed E-state index contributed by atoms with van der Waals surface area (Å²) in [5.41, 5.74) is 0.740. The predicted molar refractivity (Wildman–Crippen MR) is 99.6 cm³/mol. The molecule has 134 valence electrons. The molecule has 3 aromatic rings. The number of pyridine rings is 1. The fourth-order valence-corrected chi connectivity index (χ4v) is 3.90. The molecular weight excluding hydrogens is 396 g/mol. The van der Waals surface area contributed by atoms with Gasteiger partial charge in [-0.05, 0) is 37.3 Å². The standard InChI is InChI=1S/C17H13ClN2O4S2/c1-10-15(20-16(25-10)14-5-3-4-8-19-14)24-17(21)12-7-6-11(9-13(12)18)26(2,22)23/h3-9H,1-2H3. The topological polar surface area (TPSA) is 86.2 Å². The molecule has 0 aliphatic heterocycles. The molecule has 0 unspecified atom stereocenters. The average molecular weight is 409 g/mol. The summed E-state index contributed by atoms with van der Waals surface area (Å²) in [6, 6.07) is 9.31. The van der Waals surface area contributed by atoms with E-state index in [-0.39, 0.29) is 21.4 Å². The van der Waals surface area contributed by atoms with Gasteiger partial charge in [-0.1, -0.05) is 17.7 Å². The van der Waals surface area contributed by atoms with Crippen LogP contribution in [0.2, 0.25) is 5.02 Å². The van der Waals surface area contributed by atoms with Crippen LogP contribution in [0.4, 0.5) is 0 Å². The van der Waals surface area contributed by atoms with Crippen LogP contribution < -0.4 is 4.74 Å². The fraction of sp³-hybridized carbons (Fsp3) is 0.118. The molecule has 26 heavy (non-hydrogen) atoms. The highest BCUT2D eigenvalue weighted by molar-refractivity contribution is 7.90. The summed E-state index contributed by atoms with van der Waals surface area (Å²) in [4.78, 5) is 21.6. The van der Waals surface area contributed by atoms with E-state index in [1.165, 1.54) is 29.5 Å². The average Bonchev–Trinajstić information content (AvgIpc) is 2.95. The Morgan fingerprint density at radius 3 is 2.62 bits per heavy atom. The number of aromatic nitrogens is 2. The van der Waals surface area contributed by atoms with Gasteiger partial charge in [0.25, 0.3) is 0 Å². The number of thiazole rings is 1. The van der Waals surface area contributed by atoms with Crippen LogP contribution in [-0.4, -0.2) is 30.6 Å². The Morgan fingerprint density at radius 2 is 2.00 bits per heavy atom. The minimum atomic E-state index is -3.41. The first-order valence-corrected chi connectivity index (χ1v) is 10.4. The van der Waals surface area contributed by atoms with Crippen molar-refractivity contribution in [2.75, 3.05) is 6.26 Å². The highest BCUT2D eigenvalue weighted by Gasteiger charge is 2.19. The van der Waals surface area contributed by atoms with E-state index < -0.39 is 15.8 Å². The lowest BCUT2D eigenvalue weighted by Crippen LogP contribution is -2.10. The Kier molecular flexibility index (Phi) is 5.08. The lowest BCUT2D eigenvalue weighted by Gasteiger charge is -2.06. The van der Waals surface area contributed by atoms with E-state index in [9.17, 15) is 13.2 Å². The molecule has 6 nitrogen and oxygen atoms in total. The van der Waals surface area contributed by atoms with Gasteiger partial charge >= 0.3 is 5.97 Å². The van der Waals surface area contributed by atoms with Crippen LogP contribution >= 0.6 is 22.9 Å². The number of nitrogens with zero attached hydrogens (tertiary/aromatic N) is 2. The van der Waals surface area contributed by atoms with Crippen molar-refractivity contribution in [2.24, 2.45) is 0 Å². The van der Waals surface area contributed by atoms with E-state index in [0.717, 1.165) is 6.26 Å². The van der Waals surface area contributed by atoms with Gasteiger partial charge in [0.05, 0.1) is 26.1 Å². The van der Waals surface area contributed by atoms with E-state index in [2.05, 4.69) is 9.97 Å². The van der Waals surface area contributed by atoms with E-state index >= 15 is 0 Å². The zero-order chi connectivity index (χ0) is 18.9. The summed E-state index contributed by atoms with van der Waals surface area (Å²) < 4.78 is 28.4. The van der Waals surface area contributed by atoms with Gasteiger partial charge in [-0.2, -0.15) is 4.98 Å². The summed E-state index contributed by atoms with van der Waals surface area (Å²) in [7, 11) is -3.41. The van der Waals surface area contributed by atoms with E-state index in [1.807, 2.05) is 12.1 Å². The maximum atomic E-state index is 12.4. The molecule has 0 N–H and O–H groups in total.